The molecular formula is C20H19N3O4. The quantitative estimate of drug-likeness (QED) is 0.558. The van der Waals surface area contributed by atoms with Crippen molar-refractivity contribution < 1.29 is 19.1 Å². The summed E-state index contributed by atoms with van der Waals surface area (Å²) in [4.78, 5) is 38.4. The smallest absolute Gasteiger partial charge is 0.306 e. The van der Waals surface area contributed by atoms with Crippen LogP contribution in [0.1, 0.15) is 22.3 Å². The Morgan fingerprint density at radius 1 is 1.04 bits per heavy atom. The van der Waals surface area contributed by atoms with Gasteiger partial charge in [-0.25, -0.2) is 0 Å². The fourth-order valence-corrected chi connectivity index (χ4v) is 2.79. The number of fused-ring (bicyclic) bond motifs is 1. The number of ether oxygens (including phenoxy) is 1. The molecule has 7 heteroatoms. The number of anilines is 1. The molecule has 138 valence electrons. The molecule has 0 unspecified atom stereocenters. The van der Waals surface area contributed by atoms with Gasteiger partial charge in [-0.1, -0.05) is 30.3 Å². The average molecular weight is 365 g/mol. The number of aryl methyl sites for hydroxylation is 1. The number of benzene rings is 2. The lowest BCUT2D eigenvalue weighted by Gasteiger charge is -2.09. The van der Waals surface area contributed by atoms with Gasteiger partial charge in [-0.2, -0.15) is 0 Å². The molecule has 3 rings (SSSR count). The Bertz CT molecular complexity index is 994. The summed E-state index contributed by atoms with van der Waals surface area (Å²) in [7, 11) is 0. The monoisotopic (exact) mass is 365 g/mol. The molecule has 1 aromatic heterocycles. The lowest BCUT2D eigenvalue weighted by atomic mass is 10.1. The molecule has 4 N–H and O–H groups in total. The van der Waals surface area contributed by atoms with Crippen molar-refractivity contribution in [2.24, 2.45) is 5.73 Å². The Morgan fingerprint density at radius 2 is 1.78 bits per heavy atom. The van der Waals surface area contributed by atoms with Gasteiger partial charge in [0, 0.05) is 23.5 Å². The number of primary amides is 1. The molecule has 3 aromatic rings. The fourth-order valence-electron chi connectivity index (χ4n) is 2.79. The second-order valence-corrected chi connectivity index (χ2v) is 5.98. The molecule has 0 fully saturated rings. The molecule has 7 nitrogen and oxygen atoms in total. The van der Waals surface area contributed by atoms with Crippen molar-refractivity contribution in [3.63, 3.8) is 0 Å². The maximum atomic E-state index is 12.0. The minimum atomic E-state index is -0.651. The normalized spacial score (nSPS) is 10.5. The van der Waals surface area contributed by atoms with Crippen LogP contribution in [0.4, 0.5) is 5.69 Å². The van der Waals surface area contributed by atoms with E-state index in [4.69, 9.17) is 10.5 Å². The van der Waals surface area contributed by atoms with Gasteiger partial charge in [0.25, 0.3) is 11.8 Å². The summed E-state index contributed by atoms with van der Waals surface area (Å²) < 4.78 is 5.01. The highest BCUT2D eigenvalue weighted by Gasteiger charge is 2.13. The third kappa shape index (κ3) is 4.52. The lowest BCUT2D eigenvalue weighted by molar-refractivity contribution is -0.147. The number of H-pyrrole nitrogens is 1. The first-order chi connectivity index (χ1) is 13.0. The molecule has 0 aliphatic carbocycles. The van der Waals surface area contributed by atoms with Crippen LogP contribution in [0, 0.1) is 0 Å². The summed E-state index contributed by atoms with van der Waals surface area (Å²) >= 11 is 0. The second-order valence-electron chi connectivity index (χ2n) is 5.98. The molecule has 1 heterocycles. The van der Waals surface area contributed by atoms with E-state index in [1.54, 1.807) is 18.2 Å². The molecule has 27 heavy (non-hydrogen) atoms. The van der Waals surface area contributed by atoms with Crippen LogP contribution in [-0.4, -0.2) is 29.4 Å². The van der Waals surface area contributed by atoms with E-state index < -0.39 is 24.4 Å². The molecular weight excluding hydrogens is 346 g/mol. The third-order valence-corrected chi connectivity index (χ3v) is 4.10. The van der Waals surface area contributed by atoms with Crippen molar-refractivity contribution in [1.29, 1.82) is 0 Å². The van der Waals surface area contributed by atoms with Gasteiger partial charge < -0.3 is 20.8 Å². The Hall–Kier alpha value is -3.61. The largest absolute Gasteiger partial charge is 0.456 e. The zero-order valence-electron chi connectivity index (χ0n) is 14.5. The summed E-state index contributed by atoms with van der Waals surface area (Å²) in [6.45, 7) is -0.431. The van der Waals surface area contributed by atoms with Gasteiger partial charge in [-0.15, -0.1) is 0 Å². The molecule has 0 aliphatic rings. The van der Waals surface area contributed by atoms with Crippen molar-refractivity contribution in [3.8, 4) is 0 Å². The number of aromatic nitrogens is 1. The molecule has 0 spiro atoms. The van der Waals surface area contributed by atoms with Crippen LogP contribution in [0.3, 0.4) is 0 Å². The molecule has 0 atom stereocenters. The van der Waals surface area contributed by atoms with Crippen LogP contribution in [0.2, 0.25) is 0 Å². The van der Waals surface area contributed by atoms with Gasteiger partial charge in [-0.05, 0) is 30.2 Å². The summed E-state index contributed by atoms with van der Waals surface area (Å²) in [6.07, 6.45) is 2.54. The van der Waals surface area contributed by atoms with Crippen molar-refractivity contribution in [3.05, 3.63) is 65.9 Å². The van der Waals surface area contributed by atoms with E-state index in [1.807, 2.05) is 30.5 Å². The van der Waals surface area contributed by atoms with Gasteiger partial charge in [-0.3, -0.25) is 14.4 Å². The predicted octanol–water partition coefficient (Wildman–Crippen LogP) is 2.38. The van der Waals surface area contributed by atoms with E-state index in [9.17, 15) is 14.4 Å². The Balaban J connectivity index is 1.49. The Kier molecular flexibility index (Phi) is 5.51. The topological polar surface area (TPSA) is 114 Å². The van der Waals surface area contributed by atoms with E-state index in [-0.39, 0.29) is 17.7 Å². The van der Waals surface area contributed by atoms with Gasteiger partial charge >= 0.3 is 5.97 Å². The standard InChI is InChI=1S/C20H19N3O4/c21-20(26)15-6-2-4-8-17(15)23-18(24)12-27-19(25)10-9-13-11-22-16-7-3-1-5-14(13)16/h1-8,11,22H,9-10,12H2,(H2,21,26)(H,23,24). The predicted molar refractivity (Wildman–Crippen MR) is 101 cm³/mol. The lowest BCUT2D eigenvalue weighted by Crippen LogP contribution is -2.23. The number of amides is 2. The maximum Gasteiger partial charge on any atom is 0.306 e. The number of rotatable bonds is 7. The first kappa shape index (κ1) is 18.2. The van der Waals surface area contributed by atoms with Gasteiger partial charge in [0.05, 0.1) is 11.3 Å². The van der Waals surface area contributed by atoms with Crippen LogP contribution in [0.15, 0.2) is 54.7 Å². The van der Waals surface area contributed by atoms with E-state index >= 15 is 0 Å². The highest BCUT2D eigenvalue weighted by Crippen LogP contribution is 2.19. The van der Waals surface area contributed by atoms with Crippen LogP contribution < -0.4 is 11.1 Å². The van der Waals surface area contributed by atoms with Crippen LogP contribution in [0.5, 0.6) is 0 Å². The highest BCUT2D eigenvalue weighted by molar-refractivity contribution is 6.03. The molecule has 2 aromatic carbocycles. The zero-order chi connectivity index (χ0) is 19.2. The minimum absolute atomic E-state index is 0.160. The van der Waals surface area contributed by atoms with Crippen molar-refractivity contribution >= 4 is 34.4 Å². The number of aromatic amines is 1. The first-order valence-corrected chi connectivity index (χ1v) is 8.44. The van der Waals surface area contributed by atoms with Crippen LogP contribution in [0.25, 0.3) is 10.9 Å². The number of carbonyl (C=O) groups excluding carboxylic acids is 3. The Labute approximate surface area is 155 Å². The summed E-state index contributed by atoms with van der Waals surface area (Å²) in [6, 6.07) is 14.2. The number of esters is 1. The maximum absolute atomic E-state index is 12.0. The second kappa shape index (κ2) is 8.18. The minimum Gasteiger partial charge on any atom is -0.456 e. The molecule has 0 saturated carbocycles. The highest BCUT2D eigenvalue weighted by atomic mass is 16.5. The third-order valence-electron chi connectivity index (χ3n) is 4.10. The number of nitrogens with two attached hydrogens (primary N) is 1. The summed E-state index contributed by atoms with van der Waals surface area (Å²) in [5, 5.41) is 3.58. The zero-order valence-corrected chi connectivity index (χ0v) is 14.5. The first-order valence-electron chi connectivity index (χ1n) is 8.44. The van der Waals surface area contributed by atoms with E-state index in [2.05, 4.69) is 10.3 Å². The van der Waals surface area contributed by atoms with Crippen LogP contribution >= 0.6 is 0 Å². The molecule has 0 aliphatic heterocycles. The summed E-state index contributed by atoms with van der Waals surface area (Å²) in [5.41, 5.74) is 7.76. The van der Waals surface area contributed by atoms with Crippen molar-refractivity contribution in [2.45, 2.75) is 12.8 Å². The van der Waals surface area contributed by atoms with Crippen LogP contribution in [-0.2, 0) is 20.7 Å². The fraction of sp³-hybridized carbons (Fsp3) is 0.150. The molecule has 2 amide bonds. The van der Waals surface area contributed by atoms with Gasteiger partial charge in [0.1, 0.15) is 0 Å². The van der Waals surface area contributed by atoms with E-state index in [1.165, 1.54) is 6.07 Å². The number of carbonyl (C=O) groups is 3. The number of hydrogen-bond acceptors (Lipinski definition) is 4. The number of para-hydroxylation sites is 2. The van der Waals surface area contributed by atoms with Gasteiger partial charge in [0.2, 0.25) is 0 Å². The average Bonchev–Trinajstić information content (AvgIpc) is 3.08. The molecule has 0 radical (unpaired) electrons. The molecule has 0 saturated heterocycles. The SMILES string of the molecule is NC(=O)c1ccccc1NC(=O)COC(=O)CCc1c[nH]c2ccccc12. The van der Waals surface area contributed by atoms with E-state index in [0.29, 0.717) is 6.42 Å². The summed E-state index contributed by atoms with van der Waals surface area (Å²) in [5.74, 6) is -1.66. The van der Waals surface area contributed by atoms with E-state index in [0.717, 1.165) is 16.5 Å². The molecule has 0 bridgehead atoms. The number of hydrogen-bond donors (Lipinski definition) is 3. The Morgan fingerprint density at radius 3 is 2.59 bits per heavy atom. The number of nitrogens with one attached hydrogen (secondary N) is 2. The van der Waals surface area contributed by atoms with Crippen molar-refractivity contribution in [2.75, 3.05) is 11.9 Å². The van der Waals surface area contributed by atoms with Gasteiger partial charge in [0.15, 0.2) is 6.61 Å². The van der Waals surface area contributed by atoms with Crippen molar-refractivity contribution in [1.82, 2.24) is 4.98 Å².